The Balaban J connectivity index is 2.45. The Bertz CT molecular complexity index is 622. The van der Waals surface area contributed by atoms with Gasteiger partial charge < -0.3 is 5.73 Å². The summed E-state index contributed by atoms with van der Waals surface area (Å²) in [5.74, 6) is -0.272. The zero-order valence-corrected chi connectivity index (χ0v) is 9.21. The van der Waals surface area contributed by atoms with E-state index in [0.29, 0.717) is 5.56 Å². The van der Waals surface area contributed by atoms with Crippen molar-refractivity contribution in [1.29, 1.82) is 5.26 Å². The van der Waals surface area contributed by atoms with E-state index in [4.69, 9.17) is 11.0 Å². The Hall–Kier alpha value is -2.61. The minimum Gasteiger partial charge on any atom is -0.382 e. The molecule has 0 aliphatic heterocycles. The van der Waals surface area contributed by atoms with Crippen molar-refractivity contribution in [2.45, 2.75) is 6.92 Å². The van der Waals surface area contributed by atoms with Crippen molar-refractivity contribution in [1.82, 2.24) is 9.78 Å². The Kier molecular flexibility index (Phi) is 2.63. The molecular weight excluding hydrogens is 216 g/mol. The van der Waals surface area contributed by atoms with E-state index in [-0.39, 0.29) is 17.3 Å². The summed E-state index contributed by atoms with van der Waals surface area (Å²) in [6.07, 6.45) is 1.28. The van der Waals surface area contributed by atoms with Crippen LogP contribution in [-0.2, 0) is 0 Å². The number of rotatable bonds is 1. The Morgan fingerprint density at radius 2 is 2.29 bits per heavy atom. The first-order chi connectivity index (χ1) is 8.13. The van der Waals surface area contributed by atoms with Crippen LogP contribution in [-0.4, -0.2) is 15.7 Å². The number of hydrogen-bond acceptors (Lipinski definition) is 4. The SMILES string of the molecule is Cc1cccc(C(=O)n2ncc(C#N)c2N)c1. The fourth-order valence-corrected chi connectivity index (χ4v) is 1.51. The van der Waals surface area contributed by atoms with Gasteiger partial charge in [-0.3, -0.25) is 4.79 Å². The normalized spacial score (nSPS) is 9.88. The molecule has 1 aromatic carbocycles. The third kappa shape index (κ3) is 1.88. The van der Waals surface area contributed by atoms with Gasteiger partial charge in [-0.25, -0.2) is 0 Å². The van der Waals surface area contributed by atoms with E-state index in [2.05, 4.69) is 5.10 Å². The maximum Gasteiger partial charge on any atom is 0.280 e. The van der Waals surface area contributed by atoms with E-state index < -0.39 is 0 Å². The number of nitrogens with zero attached hydrogens (tertiary/aromatic N) is 3. The van der Waals surface area contributed by atoms with Crippen LogP contribution in [0, 0.1) is 18.3 Å². The molecule has 0 aliphatic carbocycles. The highest BCUT2D eigenvalue weighted by Crippen LogP contribution is 2.13. The molecule has 2 aromatic rings. The first-order valence-electron chi connectivity index (χ1n) is 4.98. The number of nitriles is 1. The largest absolute Gasteiger partial charge is 0.382 e. The molecule has 0 bridgehead atoms. The minimum absolute atomic E-state index is 0.0685. The molecule has 0 radical (unpaired) electrons. The van der Waals surface area contributed by atoms with Crippen molar-refractivity contribution >= 4 is 11.7 Å². The summed E-state index contributed by atoms with van der Waals surface area (Å²) in [6, 6.07) is 8.98. The fourth-order valence-electron chi connectivity index (χ4n) is 1.51. The molecule has 2 N–H and O–H groups in total. The summed E-state index contributed by atoms with van der Waals surface area (Å²) in [5.41, 5.74) is 7.31. The van der Waals surface area contributed by atoms with Gasteiger partial charge in [-0.15, -0.1) is 0 Å². The van der Waals surface area contributed by atoms with Crippen LogP contribution in [0.4, 0.5) is 5.82 Å². The highest BCUT2D eigenvalue weighted by atomic mass is 16.2. The first-order valence-corrected chi connectivity index (χ1v) is 4.98. The van der Waals surface area contributed by atoms with Crippen LogP contribution in [0.25, 0.3) is 0 Å². The van der Waals surface area contributed by atoms with E-state index in [1.54, 1.807) is 18.2 Å². The number of benzene rings is 1. The summed E-state index contributed by atoms with van der Waals surface area (Å²) in [4.78, 5) is 12.1. The predicted octanol–water partition coefficient (Wildman–Crippen LogP) is 1.33. The smallest absolute Gasteiger partial charge is 0.280 e. The molecule has 0 saturated carbocycles. The highest BCUT2D eigenvalue weighted by Gasteiger charge is 2.15. The summed E-state index contributed by atoms with van der Waals surface area (Å²) < 4.78 is 1.04. The Morgan fingerprint density at radius 3 is 2.88 bits per heavy atom. The van der Waals surface area contributed by atoms with Crippen LogP contribution in [0.1, 0.15) is 21.5 Å². The summed E-state index contributed by atoms with van der Waals surface area (Å²) >= 11 is 0. The van der Waals surface area contributed by atoms with Gasteiger partial charge in [0.25, 0.3) is 5.91 Å². The molecule has 17 heavy (non-hydrogen) atoms. The lowest BCUT2D eigenvalue weighted by atomic mass is 10.1. The topological polar surface area (TPSA) is 84.7 Å². The summed E-state index contributed by atoms with van der Waals surface area (Å²) in [7, 11) is 0. The van der Waals surface area contributed by atoms with Gasteiger partial charge in [-0.1, -0.05) is 17.7 Å². The minimum atomic E-state index is -0.340. The van der Waals surface area contributed by atoms with Gasteiger partial charge in [-0.2, -0.15) is 15.0 Å². The van der Waals surface area contributed by atoms with Crippen LogP contribution >= 0.6 is 0 Å². The second-order valence-corrected chi connectivity index (χ2v) is 3.64. The standard InChI is InChI=1S/C12H10N4O/c1-8-3-2-4-9(5-8)12(17)16-11(14)10(6-13)7-15-16/h2-5,7H,14H2,1H3. The summed E-state index contributed by atoms with van der Waals surface area (Å²) in [6.45, 7) is 1.89. The Morgan fingerprint density at radius 1 is 1.53 bits per heavy atom. The van der Waals surface area contributed by atoms with E-state index in [0.717, 1.165) is 10.2 Å². The van der Waals surface area contributed by atoms with E-state index in [9.17, 15) is 4.79 Å². The Labute approximate surface area is 98.1 Å². The number of aromatic nitrogens is 2. The lowest BCUT2D eigenvalue weighted by Gasteiger charge is -2.03. The number of nitrogen functional groups attached to an aromatic ring is 1. The maximum atomic E-state index is 12.1. The van der Waals surface area contributed by atoms with Gasteiger partial charge in [0.2, 0.25) is 0 Å². The predicted molar refractivity (Wildman–Crippen MR) is 62.3 cm³/mol. The first kappa shape index (κ1) is 10.9. The number of hydrogen-bond donors (Lipinski definition) is 1. The quantitative estimate of drug-likeness (QED) is 0.795. The molecule has 0 fully saturated rings. The molecule has 0 saturated heterocycles. The highest BCUT2D eigenvalue weighted by molar-refractivity contribution is 5.97. The molecule has 1 aromatic heterocycles. The maximum absolute atomic E-state index is 12.1. The summed E-state index contributed by atoms with van der Waals surface area (Å²) in [5, 5.41) is 12.5. The molecule has 84 valence electrons. The van der Waals surface area contributed by atoms with Crippen LogP contribution in [0.3, 0.4) is 0 Å². The van der Waals surface area contributed by atoms with Crippen LogP contribution in [0.15, 0.2) is 30.5 Å². The van der Waals surface area contributed by atoms with Crippen molar-refractivity contribution in [3.63, 3.8) is 0 Å². The fraction of sp³-hybridized carbons (Fsp3) is 0.0833. The molecular formula is C12H10N4O. The average molecular weight is 226 g/mol. The zero-order valence-electron chi connectivity index (χ0n) is 9.21. The van der Waals surface area contributed by atoms with E-state index in [1.807, 2.05) is 19.1 Å². The van der Waals surface area contributed by atoms with Crippen LogP contribution < -0.4 is 5.73 Å². The second-order valence-electron chi connectivity index (χ2n) is 3.64. The average Bonchev–Trinajstić information content (AvgIpc) is 2.69. The molecule has 5 nitrogen and oxygen atoms in total. The zero-order chi connectivity index (χ0) is 12.4. The van der Waals surface area contributed by atoms with Gasteiger partial charge in [-0.05, 0) is 19.1 Å². The number of carbonyl (C=O) groups excluding carboxylic acids is 1. The van der Waals surface area contributed by atoms with Crippen molar-refractivity contribution in [3.8, 4) is 6.07 Å². The molecule has 5 heteroatoms. The molecule has 0 amide bonds. The monoisotopic (exact) mass is 226 g/mol. The molecule has 1 heterocycles. The number of anilines is 1. The molecule has 2 rings (SSSR count). The van der Waals surface area contributed by atoms with Gasteiger partial charge in [0, 0.05) is 5.56 Å². The number of aryl methyl sites for hydroxylation is 1. The van der Waals surface area contributed by atoms with Crippen molar-refractivity contribution < 1.29 is 4.79 Å². The van der Waals surface area contributed by atoms with Crippen molar-refractivity contribution in [3.05, 3.63) is 47.2 Å². The second kappa shape index (κ2) is 4.10. The molecule has 0 aliphatic rings. The van der Waals surface area contributed by atoms with Crippen molar-refractivity contribution in [2.75, 3.05) is 5.73 Å². The van der Waals surface area contributed by atoms with Gasteiger partial charge >= 0.3 is 0 Å². The van der Waals surface area contributed by atoms with Crippen LogP contribution in [0.5, 0.6) is 0 Å². The van der Waals surface area contributed by atoms with Gasteiger partial charge in [0.1, 0.15) is 17.5 Å². The molecule has 0 unspecified atom stereocenters. The van der Waals surface area contributed by atoms with Crippen molar-refractivity contribution in [2.24, 2.45) is 0 Å². The third-order valence-corrected chi connectivity index (χ3v) is 2.38. The lowest BCUT2D eigenvalue weighted by molar-refractivity contribution is 0.0948. The lowest BCUT2D eigenvalue weighted by Crippen LogP contribution is -2.16. The van der Waals surface area contributed by atoms with Gasteiger partial charge in [0.05, 0.1) is 6.20 Å². The third-order valence-electron chi connectivity index (χ3n) is 2.38. The van der Waals surface area contributed by atoms with Gasteiger partial charge in [0.15, 0.2) is 0 Å². The number of nitrogens with two attached hydrogens (primary N) is 1. The number of carbonyl (C=O) groups is 1. The van der Waals surface area contributed by atoms with E-state index >= 15 is 0 Å². The molecule has 0 atom stereocenters. The molecule has 0 spiro atoms. The van der Waals surface area contributed by atoms with E-state index in [1.165, 1.54) is 6.20 Å². The van der Waals surface area contributed by atoms with Crippen LogP contribution in [0.2, 0.25) is 0 Å².